The number of halogens is 2. The van der Waals surface area contributed by atoms with Crippen LogP contribution in [0.4, 0.5) is 10.1 Å². The Balaban J connectivity index is 1.94. The molecule has 0 aliphatic rings. The maximum Gasteiger partial charge on any atom is 0.252 e. The molecule has 0 unspecified atom stereocenters. The first-order valence-electron chi connectivity index (χ1n) is 7.76. The molecule has 25 heavy (non-hydrogen) atoms. The van der Waals surface area contributed by atoms with Crippen LogP contribution in [-0.2, 0) is 4.79 Å². The van der Waals surface area contributed by atoms with E-state index >= 15 is 0 Å². The van der Waals surface area contributed by atoms with Crippen molar-refractivity contribution in [3.63, 3.8) is 0 Å². The highest BCUT2D eigenvalue weighted by Crippen LogP contribution is 2.23. The summed E-state index contributed by atoms with van der Waals surface area (Å²) in [6, 6.07) is 11.0. The molecule has 7 heteroatoms. The van der Waals surface area contributed by atoms with Crippen LogP contribution in [0.15, 0.2) is 47.4 Å². The molecule has 0 heterocycles. The first-order chi connectivity index (χ1) is 12.0. The standard InChI is InChI=1S/C18H18ClFN2O2S/c1-2-9-21-18(24)13-8-7-12(10-14(13)19)22-17(23)11-25-16-6-4-3-5-15(16)20/h3-8,10H,2,9,11H2,1H3,(H,21,24)(H,22,23). The maximum absolute atomic E-state index is 13.5. The number of carbonyl (C=O) groups excluding carboxylic acids is 2. The smallest absolute Gasteiger partial charge is 0.252 e. The molecule has 132 valence electrons. The van der Waals surface area contributed by atoms with Crippen molar-refractivity contribution in [1.29, 1.82) is 0 Å². The molecule has 0 spiro atoms. The fourth-order valence-electron chi connectivity index (χ4n) is 2.01. The van der Waals surface area contributed by atoms with Gasteiger partial charge in [-0.05, 0) is 36.8 Å². The van der Waals surface area contributed by atoms with E-state index in [1.807, 2.05) is 6.92 Å². The Hall–Kier alpha value is -2.05. The van der Waals surface area contributed by atoms with Gasteiger partial charge in [0.25, 0.3) is 5.91 Å². The molecule has 0 aliphatic carbocycles. The summed E-state index contributed by atoms with van der Waals surface area (Å²) >= 11 is 7.23. The minimum absolute atomic E-state index is 0.0668. The quantitative estimate of drug-likeness (QED) is 0.702. The molecule has 0 saturated heterocycles. The number of amides is 2. The summed E-state index contributed by atoms with van der Waals surface area (Å²) in [7, 11) is 0. The van der Waals surface area contributed by atoms with Crippen LogP contribution < -0.4 is 10.6 Å². The maximum atomic E-state index is 13.5. The Bertz CT molecular complexity index is 770. The van der Waals surface area contributed by atoms with Crippen molar-refractivity contribution in [2.45, 2.75) is 18.2 Å². The van der Waals surface area contributed by atoms with Gasteiger partial charge in [-0.2, -0.15) is 0 Å². The van der Waals surface area contributed by atoms with Gasteiger partial charge < -0.3 is 10.6 Å². The van der Waals surface area contributed by atoms with Gasteiger partial charge in [0, 0.05) is 17.1 Å². The van der Waals surface area contributed by atoms with Gasteiger partial charge in [-0.25, -0.2) is 4.39 Å². The Morgan fingerprint density at radius 2 is 1.96 bits per heavy atom. The summed E-state index contributed by atoms with van der Waals surface area (Å²) in [5, 5.41) is 5.68. The van der Waals surface area contributed by atoms with Crippen LogP contribution >= 0.6 is 23.4 Å². The van der Waals surface area contributed by atoms with Crippen LogP contribution in [-0.4, -0.2) is 24.1 Å². The second-order valence-electron chi connectivity index (χ2n) is 5.22. The summed E-state index contributed by atoms with van der Waals surface area (Å²) in [4.78, 5) is 24.3. The van der Waals surface area contributed by atoms with Gasteiger partial charge in [-0.15, -0.1) is 11.8 Å². The Morgan fingerprint density at radius 3 is 2.64 bits per heavy atom. The average Bonchev–Trinajstić information content (AvgIpc) is 2.59. The van der Waals surface area contributed by atoms with Gasteiger partial charge in [-0.1, -0.05) is 30.7 Å². The zero-order valence-corrected chi connectivity index (χ0v) is 15.2. The van der Waals surface area contributed by atoms with E-state index in [0.29, 0.717) is 22.7 Å². The van der Waals surface area contributed by atoms with Crippen LogP contribution in [0.5, 0.6) is 0 Å². The van der Waals surface area contributed by atoms with E-state index in [-0.39, 0.29) is 28.4 Å². The van der Waals surface area contributed by atoms with Crippen molar-refractivity contribution in [2.24, 2.45) is 0 Å². The number of hydrogen-bond acceptors (Lipinski definition) is 3. The number of thioether (sulfide) groups is 1. The molecule has 0 saturated carbocycles. The first kappa shape index (κ1) is 19.3. The van der Waals surface area contributed by atoms with Gasteiger partial charge >= 0.3 is 0 Å². The predicted octanol–water partition coefficient (Wildman–Crippen LogP) is 4.35. The molecule has 0 fully saturated rings. The van der Waals surface area contributed by atoms with Crippen LogP contribution in [0.2, 0.25) is 5.02 Å². The number of rotatable bonds is 7. The third-order valence-electron chi connectivity index (χ3n) is 3.23. The molecule has 2 N–H and O–H groups in total. The van der Waals surface area contributed by atoms with Crippen LogP contribution in [0, 0.1) is 5.82 Å². The van der Waals surface area contributed by atoms with E-state index in [2.05, 4.69) is 10.6 Å². The second kappa shape index (κ2) is 9.44. The van der Waals surface area contributed by atoms with Crippen LogP contribution in [0.3, 0.4) is 0 Å². The van der Waals surface area contributed by atoms with Gasteiger partial charge in [-0.3, -0.25) is 9.59 Å². The summed E-state index contributed by atoms with van der Waals surface area (Å²) in [5.41, 5.74) is 0.838. The molecular formula is C18H18ClFN2O2S. The predicted molar refractivity (Wildman–Crippen MR) is 99.8 cm³/mol. The normalized spacial score (nSPS) is 10.4. The van der Waals surface area contributed by atoms with E-state index in [4.69, 9.17) is 11.6 Å². The zero-order valence-electron chi connectivity index (χ0n) is 13.6. The van der Waals surface area contributed by atoms with Gasteiger partial charge in [0.2, 0.25) is 5.91 Å². The van der Waals surface area contributed by atoms with Crippen molar-refractivity contribution in [1.82, 2.24) is 5.32 Å². The van der Waals surface area contributed by atoms with Crippen LogP contribution in [0.25, 0.3) is 0 Å². The van der Waals surface area contributed by atoms with Gasteiger partial charge in [0.1, 0.15) is 5.82 Å². The molecule has 0 bridgehead atoms. The lowest BCUT2D eigenvalue weighted by atomic mass is 10.2. The van der Waals surface area contributed by atoms with E-state index < -0.39 is 0 Å². The number of hydrogen-bond donors (Lipinski definition) is 2. The van der Waals surface area contributed by atoms with E-state index in [1.54, 1.807) is 30.3 Å². The summed E-state index contributed by atoms with van der Waals surface area (Å²) in [6.07, 6.45) is 0.831. The van der Waals surface area contributed by atoms with Crippen molar-refractivity contribution >= 4 is 40.9 Å². The van der Waals surface area contributed by atoms with Crippen molar-refractivity contribution in [2.75, 3.05) is 17.6 Å². The van der Waals surface area contributed by atoms with E-state index in [0.717, 1.165) is 18.2 Å². The average molecular weight is 381 g/mol. The summed E-state index contributed by atoms with van der Waals surface area (Å²) in [5.74, 6) is -0.824. The third-order valence-corrected chi connectivity index (χ3v) is 4.59. The number of nitrogens with one attached hydrogen (secondary N) is 2. The fraction of sp³-hybridized carbons (Fsp3) is 0.222. The minimum Gasteiger partial charge on any atom is -0.352 e. The summed E-state index contributed by atoms with van der Waals surface area (Å²) in [6.45, 7) is 2.53. The lowest BCUT2D eigenvalue weighted by Crippen LogP contribution is -2.24. The molecule has 2 aromatic carbocycles. The molecule has 0 radical (unpaired) electrons. The fourth-order valence-corrected chi connectivity index (χ4v) is 3.02. The molecule has 2 aromatic rings. The van der Waals surface area contributed by atoms with E-state index in [9.17, 15) is 14.0 Å². The molecule has 0 atom stereocenters. The summed E-state index contributed by atoms with van der Waals surface area (Å²) < 4.78 is 13.5. The Kier molecular flexibility index (Phi) is 7.28. The number of benzene rings is 2. The van der Waals surface area contributed by atoms with Crippen molar-refractivity contribution < 1.29 is 14.0 Å². The minimum atomic E-state index is -0.356. The van der Waals surface area contributed by atoms with Crippen molar-refractivity contribution in [3.8, 4) is 0 Å². The lowest BCUT2D eigenvalue weighted by molar-refractivity contribution is -0.113. The highest BCUT2D eigenvalue weighted by atomic mass is 35.5. The van der Waals surface area contributed by atoms with E-state index in [1.165, 1.54) is 12.1 Å². The van der Waals surface area contributed by atoms with Gasteiger partial charge in [0.05, 0.1) is 16.3 Å². The monoisotopic (exact) mass is 380 g/mol. The molecule has 2 amide bonds. The second-order valence-corrected chi connectivity index (χ2v) is 6.64. The van der Waals surface area contributed by atoms with Crippen LogP contribution in [0.1, 0.15) is 23.7 Å². The third kappa shape index (κ3) is 5.76. The largest absolute Gasteiger partial charge is 0.352 e. The highest BCUT2D eigenvalue weighted by molar-refractivity contribution is 8.00. The van der Waals surface area contributed by atoms with Gasteiger partial charge in [0.15, 0.2) is 0 Å². The molecule has 0 aromatic heterocycles. The first-order valence-corrected chi connectivity index (χ1v) is 9.12. The SMILES string of the molecule is CCCNC(=O)c1ccc(NC(=O)CSc2ccccc2F)cc1Cl. The number of carbonyl (C=O) groups is 2. The highest BCUT2D eigenvalue weighted by Gasteiger charge is 2.12. The van der Waals surface area contributed by atoms with Crippen molar-refractivity contribution in [3.05, 3.63) is 58.9 Å². The zero-order chi connectivity index (χ0) is 18.2. The molecule has 4 nitrogen and oxygen atoms in total. The Morgan fingerprint density at radius 1 is 1.20 bits per heavy atom. The molecule has 0 aliphatic heterocycles. The lowest BCUT2D eigenvalue weighted by Gasteiger charge is -2.09. The topological polar surface area (TPSA) is 58.2 Å². The number of anilines is 1. The molecular weight excluding hydrogens is 363 g/mol. The molecule has 2 rings (SSSR count). The Labute approximate surface area is 155 Å².